The van der Waals surface area contributed by atoms with Crippen molar-refractivity contribution in [2.75, 3.05) is 6.61 Å². The van der Waals surface area contributed by atoms with Gasteiger partial charge in [0, 0.05) is 59.1 Å². The summed E-state index contributed by atoms with van der Waals surface area (Å²) < 4.78 is 21.1. The first-order valence-electron chi connectivity index (χ1n) is 6.36. The van der Waals surface area contributed by atoms with E-state index >= 15 is 0 Å². The number of phosphoric ester groups is 1. The van der Waals surface area contributed by atoms with Crippen molar-refractivity contribution in [1.82, 2.24) is 19.5 Å². The van der Waals surface area contributed by atoms with Crippen molar-refractivity contribution in [1.29, 1.82) is 0 Å². The van der Waals surface area contributed by atoms with Crippen LogP contribution >= 0.6 is 7.82 Å². The average molecular weight is 536 g/mol. The topological polar surface area (TPSA) is 438 Å². The summed E-state index contributed by atoms with van der Waals surface area (Å²) in [5.41, 5.74) is -0.397. The van der Waals surface area contributed by atoms with Crippen molar-refractivity contribution in [3.8, 4) is 0 Å². The van der Waals surface area contributed by atoms with Gasteiger partial charge in [-0.15, -0.1) is 0 Å². The molecule has 192 valence electrons. The first-order chi connectivity index (χ1) is 10.8. The molecule has 20 nitrogen and oxygen atoms in total. The van der Waals surface area contributed by atoms with Gasteiger partial charge < -0.3 is 82.6 Å². The first-order valence-corrected chi connectivity index (χ1v) is 7.82. The van der Waals surface area contributed by atoms with Crippen LogP contribution in [-0.4, -0.2) is 158 Å². The number of imidazole rings is 1. The Labute approximate surface area is 228 Å². The predicted octanol–water partition coefficient (Wildman–Crippen LogP) is -10.8. The number of nitrogens with zero attached hydrogens (tertiary/aromatic N) is 3. The molecule has 2 aromatic rings. The van der Waals surface area contributed by atoms with Crippen LogP contribution in [-0.2, 0) is 13.8 Å². The van der Waals surface area contributed by atoms with Gasteiger partial charge in [-0.2, -0.15) is 0 Å². The van der Waals surface area contributed by atoms with Gasteiger partial charge in [0.25, 0.3) is 5.56 Å². The van der Waals surface area contributed by atoms with Crippen molar-refractivity contribution in [3.05, 3.63) is 23.0 Å². The molecule has 0 saturated carbocycles. The van der Waals surface area contributed by atoms with Gasteiger partial charge in [-0.25, -0.2) is 9.97 Å². The molecule has 3 rings (SSSR count). The number of aromatic nitrogens is 4. The number of phosphoric acid groups is 1. The summed E-state index contributed by atoms with van der Waals surface area (Å²) >= 11 is 0. The number of nitrogens with one attached hydrogen (secondary N) is 1. The van der Waals surface area contributed by atoms with Gasteiger partial charge in [0.1, 0.15) is 18.3 Å². The maximum atomic E-state index is 11.6. The fourth-order valence-corrected chi connectivity index (χ4v) is 2.64. The normalized spacial score (nSPS) is 19.9. The van der Waals surface area contributed by atoms with Gasteiger partial charge in [-0.1, -0.05) is 0 Å². The van der Waals surface area contributed by atoms with E-state index in [9.17, 15) is 29.4 Å². The molecule has 0 bridgehead atoms. The number of aromatic amines is 1. The molecule has 4 atom stereocenters. The zero-order valence-electron chi connectivity index (χ0n) is 17.3. The third-order valence-corrected chi connectivity index (χ3v) is 3.84. The van der Waals surface area contributed by atoms with E-state index in [0.717, 1.165) is 6.33 Å². The van der Waals surface area contributed by atoms with E-state index in [-0.39, 0.29) is 114 Å². The summed E-state index contributed by atoms with van der Waals surface area (Å²) in [7, 11) is -5.24. The van der Waals surface area contributed by atoms with Crippen LogP contribution in [0.1, 0.15) is 6.23 Å². The van der Waals surface area contributed by atoms with Gasteiger partial charge in [-0.05, 0) is 0 Å². The molecule has 0 aromatic carbocycles. The van der Waals surface area contributed by atoms with E-state index in [1.807, 2.05) is 0 Å². The van der Waals surface area contributed by atoms with E-state index in [4.69, 9.17) is 4.74 Å². The van der Waals surface area contributed by atoms with Crippen molar-refractivity contribution in [2.24, 2.45) is 0 Å². The number of rotatable bonds is 4. The zero-order chi connectivity index (χ0) is 16.8. The van der Waals surface area contributed by atoms with Crippen LogP contribution in [0.2, 0.25) is 0 Å². The van der Waals surface area contributed by atoms with Crippen molar-refractivity contribution >= 4 is 78.1 Å². The van der Waals surface area contributed by atoms with E-state index < -0.39 is 44.5 Å². The van der Waals surface area contributed by atoms with Gasteiger partial charge in [-0.3, -0.25) is 9.36 Å². The fraction of sp³-hybridized carbons (Fsp3) is 0.500. The molecule has 0 unspecified atom stereocenters. The minimum atomic E-state index is -5.24. The van der Waals surface area contributed by atoms with Crippen molar-refractivity contribution < 1.29 is 77.6 Å². The van der Waals surface area contributed by atoms with Gasteiger partial charge in [0.2, 0.25) is 0 Å². The minimum Gasteiger partial charge on any atom is -0.790 e. The van der Waals surface area contributed by atoms with E-state index in [0.29, 0.717) is 0 Å². The molecule has 0 amide bonds. The Hall–Kier alpha value is 0.0200. The van der Waals surface area contributed by atoms with Crippen molar-refractivity contribution in [3.63, 3.8) is 0 Å². The summed E-state index contributed by atoms with van der Waals surface area (Å²) in [6.07, 6.45) is -3.11. The zero-order valence-corrected chi connectivity index (χ0v) is 22.2. The number of H-pyrrole nitrogens is 1. The number of aliphatic hydroxyl groups excluding tert-OH is 2. The van der Waals surface area contributed by atoms with Crippen LogP contribution in [0.5, 0.6) is 0 Å². The molecule has 33 heavy (non-hydrogen) atoms. The molecule has 3 heterocycles. The fourth-order valence-electron chi connectivity index (χ4n) is 2.31. The van der Waals surface area contributed by atoms with Crippen molar-refractivity contribution in [2.45, 2.75) is 24.5 Å². The number of ether oxygens (including phenoxy) is 1. The second kappa shape index (κ2) is 21.3. The van der Waals surface area contributed by atoms with Crippen LogP contribution in [0.25, 0.3) is 11.2 Å². The van der Waals surface area contributed by atoms with Crippen LogP contribution in [0, 0.1) is 0 Å². The summed E-state index contributed by atoms with van der Waals surface area (Å²) in [6.45, 7) is -0.750. The van der Waals surface area contributed by atoms with E-state index in [1.54, 1.807) is 0 Å². The Morgan fingerprint density at radius 1 is 1.03 bits per heavy atom. The molecule has 2 radical (unpaired) electrons. The summed E-state index contributed by atoms with van der Waals surface area (Å²) in [5.74, 6) is 0. The largest absolute Gasteiger partial charge is 0.790 e. The second-order valence-electron chi connectivity index (χ2n) is 4.84. The van der Waals surface area contributed by atoms with E-state index in [2.05, 4.69) is 19.5 Å². The summed E-state index contributed by atoms with van der Waals surface area (Å²) in [6, 6.07) is 0. The molecule has 23 heteroatoms. The minimum absolute atomic E-state index is 0. The number of aliphatic hydroxyl groups is 2. The molecular weight excluding hydrogens is 509 g/mol. The molecule has 1 saturated heterocycles. The molecule has 2 aromatic heterocycles. The molecule has 1 aliphatic heterocycles. The Morgan fingerprint density at radius 3 is 2.03 bits per heavy atom. The smallest absolute Gasteiger partial charge is 0.278 e. The predicted molar refractivity (Wildman–Crippen MR) is 108 cm³/mol. The Kier molecular flexibility index (Phi) is 34.9. The molecule has 1 fully saturated rings. The van der Waals surface area contributed by atoms with Crippen LogP contribution in [0.15, 0.2) is 17.4 Å². The quantitative estimate of drug-likeness (QED) is 0.244. The average Bonchev–Trinajstić information content (AvgIpc) is 3.01. The standard InChI is InChI=1S/C10H13N4O8P.2Na.8H2O/c15-6-4(1-21-23(18,19)20)22-10(7(6)16)14-3-13-5-8(14)11-2-12-9(5)17;;;;;;;;;;/h2-4,6-7,10,15-16H,1H2,(H,11,12,17)(H2,18,19,20);;;8*1H2/p-2/t4-,6-,7-,10-;;;;;;;;;;/m1........../s1. The number of hydrogen-bond donors (Lipinski definition) is 3. The molecule has 0 aliphatic carbocycles. The van der Waals surface area contributed by atoms with E-state index in [1.165, 1.54) is 10.9 Å². The first kappa shape index (κ1) is 54.1. The van der Waals surface area contributed by atoms with Crippen LogP contribution in [0.3, 0.4) is 0 Å². The van der Waals surface area contributed by atoms with Crippen LogP contribution < -0.4 is 15.3 Å². The summed E-state index contributed by atoms with van der Waals surface area (Å²) in [4.78, 5) is 42.6. The second-order valence-corrected chi connectivity index (χ2v) is 6.00. The molecule has 0 spiro atoms. The maximum Gasteiger partial charge on any atom is 0.278 e. The Balaban J connectivity index is -0.000000104. The van der Waals surface area contributed by atoms with Gasteiger partial charge in [0.15, 0.2) is 17.4 Å². The molecular formula is C10H27N4Na2O16P-2. The molecule has 19 N–H and O–H groups in total. The summed E-state index contributed by atoms with van der Waals surface area (Å²) in [5, 5.41) is 19.9. The third-order valence-electron chi connectivity index (χ3n) is 3.37. The number of fused-ring (bicyclic) bond motifs is 1. The number of hydrogen-bond acceptors (Lipinski definition) is 10. The molecule has 1 aliphatic rings. The SMILES string of the molecule is O.O.O.O.O.O.O.O.O=c1[nH]cnc2c1ncn2[C@@H]1O[C@H](COP(=O)([O-])[O-])[C@@H](O)[C@H]1O.[Na].[Na]. The Morgan fingerprint density at radius 2 is 1.55 bits per heavy atom. The maximum absolute atomic E-state index is 11.6. The third kappa shape index (κ3) is 12.0. The Bertz CT molecular complexity index is 835. The monoisotopic (exact) mass is 536 g/mol. The van der Waals surface area contributed by atoms with Gasteiger partial charge >= 0.3 is 0 Å². The van der Waals surface area contributed by atoms with Gasteiger partial charge in [0.05, 0.1) is 27.1 Å². The van der Waals surface area contributed by atoms with Crippen LogP contribution in [0.4, 0.5) is 0 Å².